The lowest BCUT2D eigenvalue weighted by Crippen LogP contribution is -2.56. The number of carbonyl (C=O) groups is 1. The van der Waals surface area contributed by atoms with Crippen LogP contribution >= 0.6 is 0 Å². The van der Waals surface area contributed by atoms with Crippen LogP contribution in [-0.4, -0.2) is 48.7 Å². The highest BCUT2D eigenvalue weighted by atomic mass is 16.5. The molecule has 1 aliphatic heterocycles. The number of likely N-dealkylation sites (tertiary alicyclic amines) is 1. The predicted molar refractivity (Wildman–Crippen MR) is 85.2 cm³/mol. The first-order valence-corrected chi connectivity index (χ1v) is 8.36. The standard InChI is InChI=1S/C17H32N2O2/c1-13(19-10-6-9-16(2,3)12-19)11-17(4,15(20)21-5)18-14-7-8-14/h13-14,18H,6-12H2,1-5H3. The Labute approximate surface area is 129 Å². The molecule has 21 heavy (non-hydrogen) atoms. The Kier molecular flexibility index (Phi) is 4.99. The fraction of sp³-hybridized carbons (Fsp3) is 0.941. The fourth-order valence-corrected chi connectivity index (χ4v) is 3.67. The largest absolute Gasteiger partial charge is 0.468 e. The molecule has 1 saturated carbocycles. The van der Waals surface area contributed by atoms with Crippen molar-refractivity contribution in [3.8, 4) is 0 Å². The van der Waals surface area contributed by atoms with E-state index in [0.29, 0.717) is 17.5 Å². The Hall–Kier alpha value is -0.610. The molecule has 0 aromatic carbocycles. The lowest BCUT2D eigenvalue weighted by atomic mass is 9.82. The first-order chi connectivity index (χ1) is 9.76. The third-order valence-corrected chi connectivity index (χ3v) is 4.99. The maximum Gasteiger partial charge on any atom is 0.325 e. The normalized spacial score (nSPS) is 26.9. The molecule has 2 atom stereocenters. The van der Waals surface area contributed by atoms with Gasteiger partial charge in [-0.2, -0.15) is 0 Å². The van der Waals surface area contributed by atoms with E-state index in [1.54, 1.807) is 0 Å². The van der Waals surface area contributed by atoms with E-state index >= 15 is 0 Å². The summed E-state index contributed by atoms with van der Waals surface area (Å²) in [5.41, 5.74) is -0.172. The second-order valence-corrected chi connectivity index (χ2v) is 8.03. The number of piperidine rings is 1. The number of hydrogen-bond donors (Lipinski definition) is 1. The number of methoxy groups -OCH3 is 1. The summed E-state index contributed by atoms with van der Waals surface area (Å²) in [4.78, 5) is 14.8. The van der Waals surface area contributed by atoms with Crippen LogP contribution in [0.15, 0.2) is 0 Å². The average Bonchev–Trinajstić information content (AvgIpc) is 3.20. The smallest absolute Gasteiger partial charge is 0.325 e. The molecule has 1 N–H and O–H groups in total. The fourth-order valence-electron chi connectivity index (χ4n) is 3.67. The Morgan fingerprint density at radius 3 is 2.67 bits per heavy atom. The van der Waals surface area contributed by atoms with Crippen molar-refractivity contribution in [2.24, 2.45) is 5.41 Å². The molecule has 0 amide bonds. The summed E-state index contributed by atoms with van der Waals surface area (Å²) in [6, 6.07) is 0.888. The van der Waals surface area contributed by atoms with Gasteiger partial charge in [-0.3, -0.25) is 10.1 Å². The van der Waals surface area contributed by atoms with Gasteiger partial charge in [0.25, 0.3) is 0 Å². The van der Waals surface area contributed by atoms with Crippen molar-refractivity contribution in [1.29, 1.82) is 0 Å². The second-order valence-electron chi connectivity index (χ2n) is 8.03. The third kappa shape index (κ3) is 4.43. The summed E-state index contributed by atoms with van der Waals surface area (Å²) in [7, 11) is 1.49. The van der Waals surface area contributed by atoms with Gasteiger partial charge in [0, 0.05) is 18.6 Å². The molecule has 0 bridgehead atoms. The summed E-state index contributed by atoms with van der Waals surface area (Å²) < 4.78 is 5.05. The summed E-state index contributed by atoms with van der Waals surface area (Å²) >= 11 is 0. The van der Waals surface area contributed by atoms with Gasteiger partial charge in [0.1, 0.15) is 5.54 Å². The van der Waals surface area contributed by atoms with Crippen molar-refractivity contribution in [2.45, 2.75) is 77.4 Å². The van der Waals surface area contributed by atoms with E-state index in [2.05, 4.69) is 31.0 Å². The lowest BCUT2D eigenvalue weighted by molar-refractivity contribution is -0.149. The Morgan fingerprint density at radius 2 is 2.14 bits per heavy atom. The number of nitrogens with zero attached hydrogens (tertiary/aromatic N) is 1. The van der Waals surface area contributed by atoms with Crippen LogP contribution in [0.25, 0.3) is 0 Å². The summed E-state index contributed by atoms with van der Waals surface area (Å²) in [5, 5.41) is 3.51. The number of rotatable bonds is 6. The van der Waals surface area contributed by atoms with Gasteiger partial charge >= 0.3 is 5.97 Å². The van der Waals surface area contributed by atoms with Gasteiger partial charge in [0.05, 0.1) is 7.11 Å². The Morgan fingerprint density at radius 1 is 1.48 bits per heavy atom. The maximum atomic E-state index is 12.2. The molecule has 1 aliphatic carbocycles. The zero-order valence-corrected chi connectivity index (χ0v) is 14.4. The zero-order valence-electron chi connectivity index (χ0n) is 14.4. The van der Waals surface area contributed by atoms with Gasteiger partial charge in [0.15, 0.2) is 0 Å². The number of esters is 1. The van der Waals surface area contributed by atoms with Crippen molar-refractivity contribution in [1.82, 2.24) is 10.2 Å². The third-order valence-electron chi connectivity index (χ3n) is 4.99. The minimum atomic E-state index is -0.559. The van der Waals surface area contributed by atoms with Crippen molar-refractivity contribution >= 4 is 5.97 Å². The molecule has 2 aliphatic rings. The van der Waals surface area contributed by atoms with E-state index in [4.69, 9.17) is 4.74 Å². The maximum absolute atomic E-state index is 12.2. The molecule has 0 aromatic heterocycles. The zero-order chi connectivity index (χ0) is 15.7. The van der Waals surface area contributed by atoms with Crippen LogP contribution in [0.3, 0.4) is 0 Å². The lowest BCUT2D eigenvalue weighted by Gasteiger charge is -2.43. The molecule has 2 unspecified atom stereocenters. The predicted octanol–water partition coefficient (Wildman–Crippen LogP) is 2.57. The van der Waals surface area contributed by atoms with Crippen LogP contribution in [0, 0.1) is 5.41 Å². The highest BCUT2D eigenvalue weighted by molar-refractivity contribution is 5.80. The van der Waals surface area contributed by atoms with Gasteiger partial charge in [-0.1, -0.05) is 13.8 Å². The van der Waals surface area contributed by atoms with E-state index in [0.717, 1.165) is 19.5 Å². The molecule has 0 spiro atoms. The average molecular weight is 296 g/mol. The summed E-state index contributed by atoms with van der Waals surface area (Å²) in [6.45, 7) is 11.2. The first kappa shape index (κ1) is 16.8. The molecule has 2 rings (SSSR count). The number of hydrogen-bond acceptors (Lipinski definition) is 4. The van der Waals surface area contributed by atoms with Crippen molar-refractivity contribution < 1.29 is 9.53 Å². The van der Waals surface area contributed by atoms with Gasteiger partial charge in [0.2, 0.25) is 0 Å². The number of nitrogens with one attached hydrogen (secondary N) is 1. The van der Waals surface area contributed by atoms with E-state index in [1.165, 1.54) is 32.8 Å². The second kappa shape index (κ2) is 6.25. The minimum absolute atomic E-state index is 0.127. The number of ether oxygens (including phenoxy) is 1. The van der Waals surface area contributed by atoms with Crippen molar-refractivity contribution in [3.63, 3.8) is 0 Å². The Balaban J connectivity index is 1.99. The van der Waals surface area contributed by atoms with E-state index in [-0.39, 0.29) is 5.97 Å². The molecule has 1 saturated heterocycles. The van der Waals surface area contributed by atoms with Gasteiger partial charge < -0.3 is 9.64 Å². The first-order valence-electron chi connectivity index (χ1n) is 8.36. The highest BCUT2D eigenvalue weighted by Crippen LogP contribution is 2.32. The van der Waals surface area contributed by atoms with Crippen LogP contribution < -0.4 is 5.32 Å². The van der Waals surface area contributed by atoms with Crippen LogP contribution in [0.4, 0.5) is 0 Å². The quantitative estimate of drug-likeness (QED) is 0.765. The minimum Gasteiger partial charge on any atom is -0.468 e. The molecule has 1 heterocycles. The van der Waals surface area contributed by atoms with E-state index < -0.39 is 5.54 Å². The van der Waals surface area contributed by atoms with E-state index in [1.807, 2.05) is 6.92 Å². The molecule has 2 fully saturated rings. The molecule has 4 heteroatoms. The van der Waals surface area contributed by atoms with Crippen molar-refractivity contribution in [2.75, 3.05) is 20.2 Å². The van der Waals surface area contributed by atoms with Gasteiger partial charge in [-0.15, -0.1) is 0 Å². The highest BCUT2D eigenvalue weighted by Gasteiger charge is 2.42. The topological polar surface area (TPSA) is 41.6 Å². The number of carbonyl (C=O) groups excluding carboxylic acids is 1. The van der Waals surface area contributed by atoms with Crippen LogP contribution in [0.5, 0.6) is 0 Å². The van der Waals surface area contributed by atoms with Gasteiger partial charge in [-0.05, 0) is 57.9 Å². The molecule has 0 aromatic rings. The monoisotopic (exact) mass is 296 g/mol. The Bertz CT molecular complexity index is 379. The molecule has 4 nitrogen and oxygen atoms in total. The summed E-state index contributed by atoms with van der Waals surface area (Å²) in [6.07, 6.45) is 5.72. The van der Waals surface area contributed by atoms with Crippen molar-refractivity contribution in [3.05, 3.63) is 0 Å². The molecule has 122 valence electrons. The van der Waals surface area contributed by atoms with E-state index in [9.17, 15) is 4.79 Å². The van der Waals surface area contributed by atoms with Crippen LogP contribution in [0.2, 0.25) is 0 Å². The van der Waals surface area contributed by atoms with Crippen LogP contribution in [-0.2, 0) is 9.53 Å². The summed E-state index contributed by atoms with van der Waals surface area (Å²) in [5.74, 6) is -0.127. The SMILES string of the molecule is COC(=O)C(C)(CC(C)N1CCCC(C)(C)C1)NC1CC1. The van der Waals surface area contributed by atoms with Gasteiger partial charge in [-0.25, -0.2) is 0 Å². The van der Waals surface area contributed by atoms with Crippen LogP contribution in [0.1, 0.15) is 59.8 Å². The molecular formula is C17H32N2O2. The molecular weight excluding hydrogens is 264 g/mol. The molecule has 0 radical (unpaired) electrons.